The Bertz CT molecular complexity index is 1330. The molecule has 1 aliphatic heterocycles. The third-order valence-corrected chi connectivity index (χ3v) is 8.15. The van der Waals surface area contributed by atoms with Crippen LogP contribution in [0.3, 0.4) is 0 Å². The van der Waals surface area contributed by atoms with E-state index in [1.165, 1.54) is 12.2 Å². The first-order chi connectivity index (χ1) is 16.2. The predicted octanol–water partition coefficient (Wildman–Crippen LogP) is 4.65. The van der Waals surface area contributed by atoms with Gasteiger partial charge in [-0.15, -0.1) is 0 Å². The molecule has 2 heterocycles. The molecule has 0 bridgehead atoms. The van der Waals surface area contributed by atoms with E-state index in [1.807, 2.05) is 19.2 Å². The SMILES string of the molecule is Cc1cc(N2CCC(N(C)C(=O)/C=C/CS(=O)(=O)c3ccc4cc(Cl)ccc4c3)CC2)ccn1. The molecule has 4 rings (SSSR count). The number of hydrogen-bond acceptors (Lipinski definition) is 5. The van der Waals surface area contributed by atoms with Crippen molar-refractivity contribution >= 4 is 43.8 Å². The molecule has 6 nitrogen and oxygen atoms in total. The number of piperidine rings is 1. The molecule has 2 aromatic carbocycles. The number of fused-ring (bicyclic) bond motifs is 1. The Kier molecular flexibility index (Phi) is 7.24. The van der Waals surface area contributed by atoms with Crippen molar-refractivity contribution < 1.29 is 13.2 Å². The van der Waals surface area contributed by atoms with E-state index in [1.54, 1.807) is 48.3 Å². The van der Waals surface area contributed by atoms with Crippen LogP contribution >= 0.6 is 11.6 Å². The number of halogens is 1. The maximum atomic E-state index is 12.8. The Morgan fingerprint density at radius 2 is 1.82 bits per heavy atom. The van der Waals surface area contributed by atoms with E-state index in [9.17, 15) is 13.2 Å². The molecule has 0 unspecified atom stereocenters. The van der Waals surface area contributed by atoms with E-state index in [0.29, 0.717) is 5.02 Å². The highest BCUT2D eigenvalue weighted by Gasteiger charge is 2.25. The van der Waals surface area contributed by atoms with Crippen LogP contribution in [0.2, 0.25) is 5.02 Å². The normalized spacial score (nSPS) is 15.2. The van der Waals surface area contributed by atoms with Crippen LogP contribution in [-0.4, -0.2) is 56.1 Å². The summed E-state index contributed by atoms with van der Waals surface area (Å²) in [5, 5.41) is 2.29. The van der Waals surface area contributed by atoms with Crippen molar-refractivity contribution in [2.75, 3.05) is 30.8 Å². The zero-order valence-corrected chi connectivity index (χ0v) is 20.9. The van der Waals surface area contributed by atoms with Crippen LogP contribution < -0.4 is 4.90 Å². The molecule has 1 aromatic heterocycles. The lowest BCUT2D eigenvalue weighted by Gasteiger charge is -2.37. The van der Waals surface area contributed by atoms with Crippen LogP contribution in [0.25, 0.3) is 10.8 Å². The van der Waals surface area contributed by atoms with Gasteiger partial charge in [0.15, 0.2) is 9.84 Å². The van der Waals surface area contributed by atoms with Crippen LogP contribution in [0.4, 0.5) is 5.69 Å². The summed E-state index contributed by atoms with van der Waals surface area (Å²) in [6.45, 7) is 3.69. The molecule has 1 aliphatic rings. The zero-order valence-electron chi connectivity index (χ0n) is 19.3. The van der Waals surface area contributed by atoms with Gasteiger partial charge in [0.2, 0.25) is 5.91 Å². The third kappa shape index (κ3) is 5.59. The van der Waals surface area contributed by atoms with E-state index in [0.717, 1.165) is 48.1 Å². The molecule has 1 saturated heterocycles. The average Bonchev–Trinajstić information content (AvgIpc) is 2.83. The fourth-order valence-electron chi connectivity index (χ4n) is 4.30. The summed E-state index contributed by atoms with van der Waals surface area (Å²) in [4.78, 5) is 21.2. The number of hydrogen-bond donors (Lipinski definition) is 0. The van der Waals surface area contributed by atoms with Crippen molar-refractivity contribution in [1.82, 2.24) is 9.88 Å². The standard InChI is InChI=1S/C26H28ClN3O3S/c1-19-16-24(9-12-28-19)30-13-10-23(11-14-30)29(2)26(31)4-3-15-34(32,33)25-8-6-20-17-22(27)7-5-21(20)18-25/h3-9,12,16-18,23H,10-11,13-15H2,1-2H3/b4-3+. The number of benzene rings is 2. The highest BCUT2D eigenvalue weighted by atomic mass is 35.5. The molecule has 34 heavy (non-hydrogen) atoms. The van der Waals surface area contributed by atoms with Crippen molar-refractivity contribution in [1.29, 1.82) is 0 Å². The molecule has 3 aromatic rings. The Balaban J connectivity index is 1.34. The quantitative estimate of drug-likeness (QED) is 0.463. The number of aryl methyl sites for hydroxylation is 1. The van der Waals surface area contributed by atoms with Gasteiger partial charge >= 0.3 is 0 Å². The molecule has 0 spiro atoms. The molecule has 0 N–H and O–H groups in total. The van der Waals surface area contributed by atoms with Crippen molar-refractivity contribution in [2.45, 2.75) is 30.7 Å². The van der Waals surface area contributed by atoms with Crippen molar-refractivity contribution in [3.05, 3.63) is 77.6 Å². The van der Waals surface area contributed by atoms with Crippen LogP contribution in [-0.2, 0) is 14.6 Å². The van der Waals surface area contributed by atoms with Crippen LogP contribution in [0, 0.1) is 6.92 Å². The van der Waals surface area contributed by atoms with E-state index in [-0.39, 0.29) is 22.6 Å². The third-order valence-electron chi connectivity index (χ3n) is 6.31. The molecule has 178 valence electrons. The van der Waals surface area contributed by atoms with E-state index >= 15 is 0 Å². The van der Waals surface area contributed by atoms with E-state index in [2.05, 4.69) is 16.0 Å². The topological polar surface area (TPSA) is 70.6 Å². The summed E-state index contributed by atoms with van der Waals surface area (Å²) in [5.41, 5.74) is 2.14. The minimum atomic E-state index is -3.55. The molecule has 1 amide bonds. The lowest BCUT2D eigenvalue weighted by molar-refractivity contribution is -0.127. The fourth-order valence-corrected chi connectivity index (χ4v) is 5.60. The molecular formula is C26H28ClN3O3S. The molecule has 0 aliphatic carbocycles. The van der Waals surface area contributed by atoms with Gasteiger partial charge < -0.3 is 9.80 Å². The van der Waals surface area contributed by atoms with Gasteiger partial charge in [-0.25, -0.2) is 8.42 Å². The Morgan fingerprint density at radius 1 is 1.12 bits per heavy atom. The van der Waals surface area contributed by atoms with Gasteiger partial charge in [0.25, 0.3) is 0 Å². The smallest absolute Gasteiger partial charge is 0.246 e. The second-order valence-electron chi connectivity index (χ2n) is 8.66. The molecule has 8 heteroatoms. The lowest BCUT2D eigenvalue weighted by Crippen LogP contribution is -2.45. The summed E-state index contributed by atoms with van der Waals surface area (Å²) >= 11 is 6.00. The molecule has 0 atom stereocenters. The number of likely N-dealkylation sites (N-methyl/N-ethyl adjacent to an activating group) is 1. The number of pyridine rings is 1. The minimum absolute atomic E-state index is 0.125. The first-order valence-corrected chi connectivity index (χ1v) is 13.3. The number of nitrogens with zero attached hydrogens (tertiary/aromatic N) is 3. The van der Waals surface area contributed by atoms with Crippen LogP contribution in [0.1, 0.15) is 18.5 Å². The number of rotatable bonds is 6. The second-order valence-corrected chi connectivity index (χ2v) is 11.1. The van der Waals surface area contributed by atoms with Gasteiger partial charge in [0, 0.05) is 54.9 Å². The van der Waals surface area contributed by atoms with E-state index in [4.69, 9.17) is 11.6 Å². The average molecular weight is 498 g/mol. The number of amides is 1. The van der Waals surface area contributed by atoms with Crippen LogP contribution in [0.5, 0.6) is 0 Å². The molecule has 0 saturated carbocycles. The Morgan fingerprint density at radius 3 is 2.56 bits per heavy atom. The predicted molar refractivity (Wildman–Crippen MR) is 137 cm³/mol. The maximum absolute atomic E-state index is 12.8. The van der Waals surface area contributed by atoms with Crippen molar-refractivity contribution in [3.63, 3.8) is 0 Å². The number of sulfone groups is 1. The van der Waals surface area contributed by atoms with Crippen LogP contribution in [0.15, 0.2) is 71.8 Å². The van der Waals surface area contributed by atoms with Gasteiger partial charge in [0.05, 0.1) is 10.6 Å². The first-order valence-electron chi connectivity index (χ1n) is 11.3. The summed E-state index contributed by atoms with van der Waals surface area (Å²) in [5.74, 6) is -0.410. The summed E-state index contributed by atoms with van der Waals surface area (Å²) in [7, 11) is -1.77. The number of carbonyl (C=O) groups excluding carboxylic acids is 1. The monoisotopic (exact) mass is 497 g/mol. The van der Waals surface area contributed by atoms with Gasteiger partial charge in [-0.3, -0.25) is 9.78 Å². The highest BCUT2D eigenvalue weighted by Crippen LogP contribution is 2.24. The highest BCUT2D eigenvalue weighted by molar-refractivity contribution is 7.91. The van der Waals surface area contributed by atoms with E-state index < -0.39 is 9.84 Å². The van der Waals surface area contributed by atoms with Gasteiger partial charge in [-0.1, -0.05) is 29.8 Å². The fraction of sp³-hybridized carbons (Fsp3) is 0.308. The van der Waals surface area contributed by atoms with Gasteiger partial charge in [-0.05, 0) is 66.9 Å². The summed E-state index contributed by atoms with van der Waals surface area (Å²) in [6, 6.07) is 14.5. The lowest BCUT2D eigenvalue weighted by atomic mass is 10.0. The molecule has 0 radical (unpaired) electrons. The number of aromatic nitrogens is 1. The number of carbonyl (C=O) groups is 1. The van der Waals surface area contributed by atoms with Gasteiger partial charge in [0.1, 0.15) is 0 Å². The first kappa shape index (κ1) is 24.2. The van der Waals surface area contributed by atoms with Gasteiger partial charge in [-0.2, -0.15) is 0 Å². The Labute approximate surface area is 205 Å². The summed E-state index contributed by atoms with van der Waals surface area (Å²) < 4.78 is 25.6. The minimum Gasteiger partial charge on any atom is -0.371 e. The largest absolute Gasteiger partial charge is 0.371 e. The Hall–Kier alpha value is -2.90. The molecule has 1 fully saturated rings. The zero-order chi connectivity index (χ0) is 24.3. The molecular weight excluding hydrogens is 470 g/mol. The number of anilines is 1. The van der Waals surface area contributed by atoms with Crippen molar-refractivity contribution in [2.24, 2.45) is 0 Å². The second kappa shape index (κ2) is 10.2. The van der Waals surface area contributed by atoms with Crippen molar-refractivity contribution in [3.8, 4) is 0 Å². The maximum Gasteiger partial charge on any atom is 0.246 e. The summed E-state index contributed by atoms with van der Waals surface area (Å²) in [6.07, 6.45) is 6.35.